The molecule has 2 N–H and O–H groups in total. The number of anilines is 1. The molecule has 1 aliphatic heterocycles. The molecule has 1 amide bonds. The minimum Gasteiger partial charge on any atom is -0.397 e. The quantitative estimate of drug-likeness (QED) is 0.837. The maximum atomic E-state index is 12.4. The smallest absolute Gasteiger partial charge is 0.270 e. The van der Waals surface area contributed by atoms with Gasteiger partial charge in [-0.1, -0.05) is 6.92 Å². The average molecular weight is 250 g/mol. The van der Waals surface area contributed by atoms with Crippen LogP contribution in [0.1, 0.15) is 17.4 Å². The number of hydrogen-bond donors (Lipinski definition) is 1. The lowest BCUT2D eigenvalue weighted by atomic mass is 10.1. The summed E-state index contributed by atoms with van der Waals surface area (Å²) in [5.74, 6) is 0.576. The monoisotopic (exact) mass is 250 g/mol. The van der Waals surface area contributed by atoms with E-state index in [0.717, 1.165) is 13.1 Å². The van der Waals surface area contributed by atoms with Crippen LogP contribution in [-0.2, 0) is 7.05 Å². The largest absolute Gasteiger partial charge is 0.397 e. The van der Waals surface area contributed by atoms with Gasteiger partial charge in [-0.2, -0.15) is 0 Å². The summed E-state index contributed by atoms with van der Waals surface area (Å²) in [5.41, 5.74) is 7.02. The van der Waals surface area contributed by atoms with Gasteiger partial charge in [-0.25, -0.2) is 0 Å². The fraction of sp³-hybridized carbons (Fsp3) is 0.615. The number of likely N-dealkylation sites (N-methyl/N-ethyl adjacent to an activating group) is 1. The number of likely N-dealkylation sites (tertiary alicyclic amines) is 1. The lowest BCUT2D eigenvalue weighted by molar-refractivity contribution is 0.0772. The zero-order valence-electron chi connectivity index (χ0n) is 11.6. The van der Waals surface area contributed by atoms with Crippen LogP contribution in [0.4, 0.5) is 5.69 Å². The van der Waals surface area contributed by atoms with Crippen molar-refractivity contribution in [1.29, 1.82) is 0 Å². The third kappa shape index (κ3) is 2.22. The average Bonchev–Trinajstić information content (AvgIpc) is 2.81. The van der Waals surface area contributed by atoms with Crippen LogP contribution in [0.15, 0.2) is 12.3 Å². The highest BCUT2D eigenvalue weighted by atomic mass is 16.2. The summed E-state index contributed by atoms with van der Waals surface area (Å²) in [5, 5.41) is 0. The second-order valence-corrected chi connectivity index (χ2v) is 5.49. The molecule has 18 heavy (non-hydrogen) atoms. The van der Waals surface area contributed by atoms with Gasteiger partial charge in [0.05, 0.1) is 5.69 Å². The number of nitrogens with two attached hydrogens (primary N) is 1. The molecular formula is C13H22N4O. The first-order chi connectivity index (χ1) is 8.40. The Morgan fingerprint density at radius 3 is 2.56 bits per heavy atom. The van der Waals surface area contributed by atoms with Gasteiger partial charge in [-0.3, -0.25) is 4.79 Å². The van der Waals surface area contributed by atoms with E-state index in [1.807, 2.05) is 11.9 Å². The molecule has 1 aromatic rings. The number of carbonyl (C=O) groups is 1. The highest BCUT2D eigenvalue weighted by molar-refractivity contribution is 5.94. The van der Waals surface area contributed by atoms with Crippen LogP contribution in [-0.4, -0.2) is 53.5 Å². The molecule has 0 radical (unpaired) electrons. The second kappa shape index (κ2) is 4.65. The highest BCUT2D eigenvalue weighted by Crippen LogP contribution is 2.22. The van der Waals surface area contributed by atoms with E-state index in [2.05, 4.69) is 25.9 Å². The number of hydrogen-bond acceptors (Lipinski definition) is 3. The minimum atomic E-state index is 0.0744. The van der Waals surface area contributed by atoms with Crippen molar-refractivity contribution in [2.75, 3.05) is 32.9 Å². The standard InChI is InChI=1S/C13H22N4O/c1-9-6-17(8-12(9)15(2)3)13(18)11-5-10(14)7-16(11)4/h5,7,9,12H,6,8,14H2,1-4H3. The first-order valence-corrected chi connectivity index (χ1v) is 6.27. The molecule has 100 valence electrons. The molecule has 0 aromatic carbocycles. The molecule has 1 fully saturated rings. The molecule has 2 unspecified atom stereocenters. The second-order valence-electron chi connectivity index (χ2n) is 5.49. The van der Waals surface area contributed by atoms with Crippen molar-refractivity contribution in [3.8, 4) is 0 Å². The van der Waals surface area contributed by atoms with E-state index in [1.165, 1.54) is 0 Å². The van der Waals surface area contributed by atoms with Crippen molar-refractivity contribution in [3.05, 3.63) is 18.0 Å². The summed E-state index contributed by atoms with van der Waals surface area (Å²) in [6, 6.07) is 2.18. The van der Waals surface area contributed by atoms with E-state index >= 15 is 0 Å². The SMILES string of the molecule is CC1CN(C(=O)c2cc(N)cn2C)CC1N(C)C. The van der Waals surface area contributed by atoms with Crippen LogP contribution in [0.5, 0.6) is 0 Å². The molecule has 1 aromatic heterocycles. The fourth-order valence-electron chi connectivity index (χ4n) is 2.75. The Balaban J connectivity index is 2.14. The lowest BCUT2D eigenvalue weighted by Gasteiger charge is -2.22. The highest BCUT2D eigenvalue weighted by Gasteiger charge is 2.34. The summed E-state index contributed by atoms with van der Waals surface area (Å²) >= 11 is 0. The predicted molar refractivity (Wildman–Crippen MR) is 72.4 cm³/mol. The van der Waals surface area contributed by atoms with Crippen LogP contribution in [0.25, 0.3) is 0 Å². The molecule has 0 bridgehead atoms. The van der Waals surface area contributed by atoms with Crippen molar-refractivity contribution < 1.29 is 4.79 Å². The van der Waals surface area contributed by atoms with Crippen LogP contribution in [0.2, 0.25) is 0 Å². The van der Waals surface area contributed by atoms with E-state index in [9.17, 15) is 4.79 Å². The lowest BCUT2D eigenvalue weighted by Crippen LogP contribution is -2.36. The van der Waals surface area contributed by atoms with Gasteiger partial charge in [-0.05, 0) is 26.1 Å². The van der Waals surface area contributed by atoms with Crippen molar-refractivity contribution in [2.45, 2.75) is 13.0 Å². The summed E-state index contributed by atoms with van der Waals surface area (Å²) in [7, 11) is 5.98. The Hall–Kier alpha value is -1.49. The van der Waals surface area contributed by atoms with E-state index in [-0.39, 0.29) is 5.91 Å². The zero-order valence-corrected chi connectivity index (χ0v) is 11.6. The molecule has 1 saturated heterocycles. The van der Waals surface area contributed by atoms with E-state index < -0.39 is 0 Å². The van der Waals surface area contributed by atoms with Gasteiger partial charge < -0.3 is 20.1 Å². The fourth-order valence-corrected chi connectivity index (χ4v) is 2.75. The zero-order chi connectivity index (χ0) is 13.4. The molecule has 5 nitrogen and oxygen atoms in total. The molecular weight excluding hydrogens is 228 g/mol. The van der Waals surface area contributed by atoms with Gasteiger partial charge in [0.15, 0.2) is 0 Å². The third-order valence-corrected chi connectivity index (χ3v) is 3.77. The maximum Gasteiger partial charge on any atom is 0.270 e. The molecule has 0 saturated carbocycles. The Bertz CT molecular complexity index is 452. The van der Waals surface area contributed by atoms with Crippen LogP contribution in [0, 0.1) is 5.92 Å². The number of carbonyl (C=O) groups excluding carboxylic acids is 1. The van der Waals surface area contributed by atoms with Crippen molar-refractivity contribution >= 4 is 11.6 Å². The minimum absolute atomic E-state index is 0.0744. The normalized spacial score (nSPS) is 23.9. The Morgan fingerprint density at radius 2 is 2.11 bits per heavy atom. The topological polar surface area (TPSA) is 54.5 Å². The molecule has 0 aliphatic carbocycles. The van der Waals surface area contributed by atoms with E-state index in [1.54, 1.807) is 16.8 Å². The molecule has 2 heterocycles. The number of amides is 1. The van der Waals surface area contributed by atoms with Crippen molar-refractivity contribution in [3.63, 3.8) is 0 Å². The summed E-state index contributed by atoms with van der Waals surface area (Å²) < 4.78 is 1.80. The molecule has 2 atom stereocenters. The number of nitrogens with zero attached hydrogens (tertiary/aromatic N) is 3. The molecule has 1 aliphatic rings. The Kier molecular flexibility index (Phi) is 3.34. The van der Waals surface area contributed by atoms with E-state index in [4.69, 9.17) is 5.73 Å². The number of aromatic nitrogens is 1. The summed E-state index contributed by atoms with van der Waals surface area (Å²) in [6.07, 6.45) is 1.77. The number of nitrogen functional groups attached to an aromatic ring is 1. The van der Waals surface area contributed by atoms with Gasteiger partial charge in [0.25, 0.3) is 5.91 Å². The maximum absolute atomic E-state index is 12.4. The van der Waals surface area contributed by atoms with Gasteiger partial charge in [-0.15, -0.1) is 0 Å². The molecule has 0 spiro atoms. The van der Waals surface area contributed by atoms with Crippen LogP contribution in [0.3, 0.4) is 0 Å². The predicted octanol–water partition coefficient (Wildman–Crippen LogP) is 0.629. The first kappa shape index (κ1) is 13.0. The van der Waals surface area contributed by atoms with E-state index in [0.29, 0.717) is 23.3 Å². The number of rotatable bonds is 2. The third-order valence-electron chi connectivity index (χ3n) is 3.77. The van der Waals surface area contributed by atoms with Gasteiger partial charge in [0.1, 0.15) is 5.69 Å². The van der Waals surface area contributed by atoms with Gasteiger partial charge in [0, 0.05) is 32.4 Å². The van der Waals surface area contributed by atoms with Gasteiger partial charge in [0.2, 0.25) is 0 Å². The number of aryl methyl sites for hydroxylation is 1. The first-order valence-electron chi connectivity index (χ1n) is 6.27. The summed E-state index contributed by atoms with van der Waals surface area (Å²) in [6.45, 7) is 3.79. The molecule has 5 heteroatoms. The van der Waals surface area contributed by atoms with Gasteiger partial charge >= 0.3 is 0 Å². The Labute approximate surface area is 108 Å². The summed E-state index contributed by atoms with van der Waals surface area (Å²) in [4.78, 5) is 16.5. The molecule has 2 rings (SSSR count). The van der Waals surface area contributed by atoms with Crippen LogP contribution < -0.4 is 5.73 Å². The van der Waals surface area contributed by atoms with Crippen LogP contribution >= 0.6 is 0 Å². The van der Waals surface area contributed by atoms with Crippen molar-refractivity contribution in [1.82, 2.24) is 14.4 Å². The Morgan fingerprint density at radius 1 is 1.44 bits per heavy atom. The van der Waals surface area contributed by atoms with Crippen molar-refractivity contribution in [2.24, 2.45) is 13.0 Å².